The van der Waals surface area contributed by atoms with Gasteiger partial charge in [0, 0.05) is 87.9 Å². The lowest BCUT2D eigenvalue weighted by Gasteiger charge is -2.38. The van der Waals surface area contributed by atoms with Crippen molar-refractivity contribution in [2.75, 3.05) is 39.7 Å². The molecule has 16 heteroatoms. The SMILES string of the molecule is CCN(C(=O)COc1cc2c(O)c3c(O)c(C)c4c(c13)C(=O)C(C)(OC=CC(OC)C(C)C(OC(C)=O)C(C)C(O)C(C)C(O)C(C)C=CC=C(C)C(=O)N2)O4)N(C)C. The number of amides is 2. The molecule has 5 N–H and O–H groups in total. The number of esters is 1. The molecule has 5 bridgehead atoms. The van der Waals surface area contributed by atoms with Crippen molar-refractivity contribution in [3.63, 3.8) is 0 Å². The first-order valence-corrected chi connectivity index (χ1v) is 19.6. The number of phenols is 2. The molecular weight excluding hydrogens is 766 g/mol. The van der Waals surface area contributed by atoms with E-state index in [0.717, 1.165) is 0 Å². The number of nitrogens with one attached hydrogen (secondary N) is 1. The van der Waals surface area contributed by atoms with Crippen molar-refractivity contribution in [1.29, 1.82) is 0 Å². The zero-order chi connectivity index (χ0) is 44.3. The van der Waals surface area contributed by atoms with Gasteiger partial charge in [0.25, 0.3) is 17.6 Å². The summed E-state index contributed by atoms with van der Waals surface area (Å²) >= 11 is 0. The fraction of sp³-hybridized carbons (Fsp3) is 0.535. The van der Waals surface area contributed by atoms with E-state index in [1.54, 1.807) is 65.9 Å². The number of carbonyl (C=O) groups is 4. The number of hydrogen-bond donors (Lipinski definition) is 5. The van der Waals surface area contributed by atoms with E-state index in [-0.39, 0.29) is 44.7 Å². The lowest BCUT2D eigenvalue weighted by atomic mass is 9.78. The maximum absolute atomic E-state index is 14.5. The van der Waals surface area contributed by atoms with Crippen LogP contribution in [0.2, 0.25) is 0 Å². The third-order valence-corrected chi connectivity index (χ3v) is 11.2. The van der Waals surface area contributed by atoms with E-state index in [9.17, 15) is 39.6 Å². The van der Waals surface area contributed by atoms with E-state index in [4.69, 9.17) is 23.7 Å². The molecule has 324 valence electrons. The Balaban J connectivity index is 1.94. The molecule has 0 aliphatic carbocycles. The first-order chi connectivity index (χ1) is 27.6. The summed E-state index contributed by atoms with van der Waals surface area (Å²) in [4.78, 5) is 53.6. The third-order valence-electron chi connectivity index (χ3n) is 11.2. The summed E-state index contributed by atoms with van der Waals surface area (Å²) in [7, 11) is 4.81. The lowest BCUT2D eigenvalue weighted by molar-refractivity contribution is -0.160. The van der Waals surface area contributed by atoms with Crippen LogP contribution in [0.15, 0.2) is 42.2 Å². The molecule has 9 unspecified atom stereocenters. The van der Waals surface area contributed by atoms with Crippen molar-refractivity contribution in [3.8, 4) is 23.0 Å². The predicted molar refractivity (Wildman–Crippen MR) is 219 cm³/mol. The quantitative estimate of drug-likeness (QED) is 0.145. The van der Waals surface area contributed by atoms with Crippen LogP contribution in [0.1, 0.15) is 71.3 Å². The number of aliphatic hydroxyl groups excluding tert-OH is 2. The fourth-order valence-electron chi connectivity index (χ4n) is 7.64. The number of ketones is 1. The summed E-state index contributed by atoms with van der Waals surface area (Å²) in [6, 6.07) is 1.26. The maximum atomic E-state index is 14.5. The van der Waals surface area contributed by atoms with Gasteiger partial charge in [0.2, 0.25) is 0 Å². The number of carbonyl (C=O) groups excluding carboxylic acids is 4. The summed E-state index contributed by atoms with van der Waals surface area (Å²) in [5, 5.41) is 51.4. The number of rotatable bonds is 7. The van der Waals surface area contributed by atoms with Gasteiger partial charge in [-0.1, -0.05) is 45.9 Å². The topological polar surface area (TPSA) is 214 Å². The molecule has 3 aliphatic rings. The molecule has 3 aliphatic heterocycles. The summed E-state index contributed by atoms with van der Waals surface area (Å²) < 4.78 is 29.7. The van der Waals surface area contributed by atoms with Crippen LogP contribution in [0.3, 0.4) is 0 Å². The standard InChI is InChI=1S/C43H59N3O13/c1-13-46(45(10)11)31(48)20-56-30-19-28-38(52)33-32(30)34-40(26(7)37(33)51)59-43(9,41(34)53)57-18-17-29(55-12)23(4)39(58-27(8)47)25(6)36(50)24(5)35(49)21(2)15-14-16-22(3)42(54)44-28/h14-19,21,23-25,29,35-36,39,49-52H,13,20H2,1-12H3,(H,44,54). The van der Waals surface area contributed by atoms with E-state index in [1.807, 2.05) is 0 Å². The van der Waals surface area contributed by atoms with Gasteiger partial charge < -0.3 is 49.4 Å². The number of ether oxygens (including phenoxy) is 5. The van der Waals surface area contributed by atoms with Crippen molar-refractivity contribution in [2.24, 2.45) is 23.7 Å². The van der Waals surface area contributed by atoms with Gasteiger partial charge in [-0.15, -0.1) is 0 Å². The first kappa shape index (κ1) is 46.5. The highest BCUT2D eigenvalue weighted by Gasteiger charge is 2.50. The second kappa shape index (κ2) is 18.8. The average molecular weight is 826 g/mol. The molecule has 9 atom stereocenters. The zero-order valence-electron chi connectivity index (χ0n) is 35.9. The molecule has 0 aromatic heterocycles. The Morgan fingerprint density at radius 1 is 0.966 bits per heavy atom. The summed E-state index contributed by atoms with van der Waals surface area (Å²) in [5.41, 5.74) is -0.0467. The number of anilines is 1. The maximum Gasteiger partial charge on any atom is 0.312 e. The molecule has 2 aromatic carbocycles. The first-order valence-electron chi connectivity index (χ1n) is 19.6. The van der Waals surface area contributed by atoms with E-state index in [1.165, 1.54) is 64.3 Å². The number of allylic oxidation sites excluding steroid dienone is 2. The van der Waals surface area contributed by atoms with E-state index in [0.29, 0.717) is 6.54 Å². The number of hydrazine groups is 1. The number of phenolic OH excluding ortho intramolecular Hbond substituents is 2. The van der Waals surface area contributed by atoms with Gasteiger partial charge in [-0.2, -0.15) is 0 Å². The number of hydrogen-bond acceptors (Lipinski definition) is 14. The Bertz CT molecular complexity index is 2030. The third kappa shape index (κ3) is 9.51. The van der Waals surface area contributed by atoms with Crippen LogP contribution in [0, 0.1) is 30.6 Å². The van der Waals surface area contributed by atoms with Gasteiger partial charge in [-0.25, -0.2) is 5.01 Å². The molecule has 2 amide bonds. The van der Waals surface area contributed by atoms with Crippen LogP contribution in [0.4, 0.5) is 5.69 Å². The zero-order valence-corrected chi connectivity index (χ0v) is 35.9. The van der Waals surface area contributed by atoms with Crippen LogP contribution in [-0.2, 0) is 28.6 Å². The Labute approximate surface area is 345 Å². The second-order valence-corrected chi connectivity index (χ2v) is 15.6. The summed E-state index contributed by atoms with van der Waals surface area (Å²) in [5.74, 6) is -8.19. The summed E-state index contributed by atoms with van der Waals surface area (Å²) in [6.07, 6.45) is 3.56. The lowest BCUT2D eigenvalue weighted by Crippen LogP contribution is -2.46. The number of benzene rings is 2. The number of fused-ring (bicyclic) bond motifs is 14. The average Bonchev–Trinajstić information content (AvgIpc) is 3.45. The van der Waals surface area contributed by atoms with Crippen LogP contribution < -0.4 is 14.8 Å². The summed E-state index contributed by atoms with van der Waals surface area (Å²) in [6.45, 7) is 14.1. The number of nitrogens with zero attached hydrogens (tertiary/aromatic N) is 2. The number of likely N-dealkylation sites (N-methyl/N-ethyl adjacent to an activating group) is 1. The van der Waals surface area contributed by atoms with Crippen LogP contribution in [0.5, 0.6) is 23.0 Å². The Morgan fingerprint density at radius 2 is 1.63 bits per heavy atom. The minimum absolute atomic E-state index is 0.0669. The van der Waals surface area contributed by atoms with Crippen LogP contribution in [0.25, 0.3) is 10.8 Å². The highest BCUT2D eigenvalue weighted by Crippen LogP contribution is 2.54. The smallest absolute Gasteiger partial charge is 0.312 e. The number of Topliss-reactive ketones (excluding diaryl/α,β-unsaturated/α-hetero) is 1. The molecule has 0 fully saturated rings. The number of aromatic hydroxyl groups is 2. The second-order valence-electron chi connectivity index (χ2n) is 15.6. The monoisotopic (exact) mass is 825 g/mol. The predicted octanol–water partition coefficient (Wildman–Crippen LogP) is 4.75. The van der Waals surface area contributed by atoms with Crippen molar-refractivity contribution < 1.29 is 63.3 Å². The molecule has 0 saturated heterocycles. The van der Waals surface area contributed by atoms with Gasteiger partial charge in [0.05, 0.1) is 41.2 Å². The van der Waals surface area contributed by atoms with Gasteiger partial charge in [-0.05, 0) is 26.8 Å². The molecule has 2 aromatic rings. The normalized spacial score (nSPS) is 27.9. The fourth-order valence-corrected chi connectivity index (χ4v) is 7.64. The minimum Gasteiger partial charge on any atom is -0.507 e. The Kier molecular flexibility index (Phi) is 14.8. The van der Waals surface area contributed by atoms with Gasteiger partial charge >= 0.3 is 11.8 Å². The van der Waals surface area contributed by atoms with E-state index in [2.05, 4.69) is 5.32 Å². The molecule has 0 saturated carbocycles. The minimum atomic E-state index is -2.03. The largest absolute Gasteiger partial charge is 0.507 e. The van der Waals surface area contributed by atoms with Gasteiger partial charge in [0.1, 0.15) is 23.4 Å². The van der Waals surface area contributed by atoms with Crippen molar-refractivity contribution >= 4 is 40.0 Å². The van der Waals surface area contributed by atoms with Crippen molar-refractivity contribution in [1.82, 2.24) is 10.0 Å². The van der Waals surface area contributed by atoms with Crippen molar-refractivity contribution in [2.45, 2.75) is 92.5 Å². The molecule has 59 heavy (non-hydrogen) atoms. The molecule has 0 spiro atoms. The van der Waals surface area contributed by atoms with Crippen LogP contribution >= 0.6 is 0 Å². The van der Waals surface area contributed by atoms with Gasteiger partial charge in [-0.3, -0.25) is 24.2 Å². The van der Waals surface area contributed by atoms with Crippen LogP contribution in [-0.4, -0.2) is 119 Å². The molecule has 5 rings (SSSR count). The Hall–Kier alpha value is -5.16. The van der Waals surface area contributed by atoms with Gasteiger partial charge in [0.15, 0.2) is 12.4 Å². The van der Waals surface area contributed by atoms with Crippen molar-refractivity contribution in [3.05, 3.63) is 53.3 Å². The highest BCUT2D eigenvalue weighted by atomic mass is 16.7. The number of methoxy groups -OCH3 is 1. The molecule has 3 heterocycles. The Morgan fingerprint density at radius 3 is 2.22 bits per heavy atom. The van der Waals surface area contributed by atoms with E-state index < -0.39 is 95.5 Å². The number of aliphatic hydroxyl groups is 2. The molecular formula is C43H59N3O13. The molecule has 0 radical (unpaired) electrons. The molecule has 16 nitrogen and oxygen atoms in total. The highest BCUT2D eigenvalue weighted by molar-refractivity contribution is 6.21. The van der Waals surface area contributed by atoms with E-state index >= 15 is 0 Å².